The fourth-order valence-electron chi connectivity index (χ4n) is 2.00. The lowest BCUT2D eigenvalue weighted by atomic mass is 10.2. The standard InChI is InChI=1S/C14H9NO5S/c16-13-11-8-4-5-9-12(11)21(18,19)15(13)14(17)20-10-6-2-1-3-7-10/h1-9H. The van der Waals surface area contributed by atoms with Crippen molar-refractivity contribution in [3.8, 4) is 5.75 Å². The summed E-state index contributed by atoms with van der Waals surface area (Å²) in [6.45, 7) is 0. The van der Waals surface area contributed by atoms with Gasteiger partial charge in [-0.15, -0.1) is 4.31 Å². The third kappa shape index (κ3) is 2.07. The van der Waals surface area contributed by atoms with Crippen molar-refractivity contribution in [3.05, 3.63) is 60.2 Å². The smallest absolute Gasteiger partial charge is 0.409 e. The van der Waals surface area contributed by atoms with Crippen LogP contribution in [0, 0.1) is 0 Å². The van der Waals surface area contributed by atoms with Gasteiger partial charge in [0.1, 0.15) is 10.6 Å². The van der Waals surface area contributed by atoms with E-state index in [1.54, 1.807) is 18.2 Å². The lowest BCUT2D eigenvalue weighted by Gasteiger charge is -2.12. The first-order valence-electron chi connectivity index (χ1n) is 5.97. The minimum absolute atomic E-state index is 0.0393. The number of sulfonamides is 1. The van der Waals surface area contributed by atoms with Gasteiger partial charge in [-0.3, -0.25) is 4.79 Å². The van der Waals surface area contributed by atoms with Crippen molar-refractivity contribution in [1.29, 1.82) is 0 Å². The van der Waals surface area contributed by atoms with E-state index in [1.807, 2.05) is 0 Å². The number of para-hydroxylation sites is 1. The summed E-state index contributed by atoms with van der Waals surface area (Å²) in [5.74, 6) is -0.756. The highest BCUT2D eigenvalue weighted by Crippen LogP contribution is 2.30. The van der Waals surface area contributed by atoms with Crippen molar-refractivity contribution in [2.45, 2.75) is 4.90 Å². The first-order valence-corrected chi connectivity index (χ1v) is 7.41. The van der Waals surface area contributed by atoms with Gasteiger partial charge in [0.2, 0.25) is 0 Å². The molecular formula is C14H9NO5S. The van der Waals surface area contributed by atoms with Crippen LogP contribution in [0.1, 0.15) is 10.4 Å². The van der Waals surface area contributed by atoms with E-state index in [1.165, 1.54) is 36.4 Å². The molecule has 106 valence electrons. The number of hydrogen-bond acceptors (Lipinski definition) is 5. The highest BCUT2D eigenvalue weighted by Gasteiger charge is 2.46. The van der Waals surface area contributed by atoms with Crippen LogP contribution < -0.4 is 4.74 Å². The van der Waals surface area contributed by atoms with E-state index >= 15 is 0 Å². The maximum absolute atomic E-state index is 12.2. The number of hydrogen-bond donors (Lipinski definition) is 0. The van der Waals surface area contributed by atoms with E-state index in [0.717, 1.165) is 0 Å². The van der Waals surface area contributed by atoms with Crippen molar-refractivity contribution in [2.75, 3.05) is 0 Å². The topological polar surface area (TPSA) is 80.8 Å². The molecule has 6 nitrogen and oxygen atoms in total. The average molecular weight is 303 g/mol. The van der Waals surface area contributed by atoms with Crippen LogP contribution in [0.15, 0.2) is 59.5 Å². The van der Waals surface area contributed by atoms with Gasteiger partial charge >= 0.3 is 6.09 Å². The Bertz CT molecular complexity index is 829. The summed E-state index contributed by atoms with van der Waals surface area (Å²) in [4.78, 5) is 23.9. The van der Waals surface area contributed by atoms with E-state index in [0.29, 0.717) is 0 Å². The minimum Gasteiger partial charge on any atom is -0.409 e. The van der Waals surface area contributed by atoms with Crippen LogP contribution in [-0.4, -0.2) is 24.7 Å². The third-order valence-electron chi connectivity index (χ3n) is 2.93. The molecule has 0 saturated heterocycles. The van der Waals surface area contributed by atoms with Gasteiger partial charge in [0.15, 0.2) is 0 Å². The van der Waals surface area contributed by atoms with Crippen molar-refractivity contribution < 1.29 is 22.7 Å². The molecule has 0 atom stereocenters. The molecule has 0 aromatic heterocycles. The van der Waals surface area contributed by atoms with E-state index in [2.05, 4.69) is 0 Å². The summed E-state index contributed by atoms with van der Waals surface area (Å²) >= 11 is 0. The lowest BCUT2D eigenvalue weighted by molar-refractivity contribution is 0.0866. The fourth-order valence-corrected chi connectivity index (χ4v) is 3.43. The van der Waals surface area contributed by atoms with Crippen LogP contribution >= 0.6 is 0 Å². The van der Waals surface area contributed by atoms with Crippen molar-refractivity contribution >= 4 is 22.0 Å². The van der Waals surface area contributed by atoms with Crippen molar-refractivity contribution in [3.63, 3.8) is 0 Å². The maximum atomic E-state index is 12.2. The van der Waals surface area contributed by atoms with Gasteiger partial charge in [-0.05, 0) is 24.3 Å². The molecule has 2 amide bonds. The highest BCUT2D eigenvalue weighted by molar-refractivity contribution is 7.90. The summed E-state index contributed by atoms with van der Waals surface area (Å²) in [6, 6.07) is 13.6. The quantitative estimate of drug-likeness (QED) is 0.805. The normalized spacial score (nSPS) is 15.6. The summed E-state index contributed by atoms with van der Waals surface area (Å²) in [6.07, 6.45) is -1.25. The summed E-state index contributed by atoms with van der Waals surface area (Å²) in [7, 11) is -4.21. The molecule has 0 spiro atoms. The molecule has 1 aliphatic rings. The second kappa shape index (κ2) is 4.71. The monoisotopic (exact) mass is 303 g/mol. The molecule has 0 N–H and O–H groups in total. The largest absolute Gasteiger partial charge is 0.436 e. The van der Waals surface area contributed by atoms with E-state index in [9.17, 15) is 18.0 Å². The molecule has 2 aromatic rings. The Kier molecular flexibility index (Phi) is 2.99. The van der Waals surface area contributed by atoms with Crippen LogP contribution in [0.5, 0.6) is 5.75 Å². The minimum atomic E-state index is -4.21. The number of nitrogens with zero attached hydrogens (tertiary/aromatic N) is 1. The van der Waals surface area contributed by atoms with Crippen molar-refractivity contribution in [1.82, 2.24) is 4.31 Å². The second-order valence-corrected chi connectivity index (χ2v) is 6.01. The Labute approximate surface area is 120 Å². The summed E-state index contributed by atoms with van der Waals surface area (Å²) in [5, 5.41) is 0. The number of carbonyl (C=O) groups excluding carboxylic acids is 2. The fraction of sp³-hybridized carbons (Fsp3) is 0. The van der Waals surface area contributed by atoms with Crippen LogP contribution in [0.25, 0.3) is 0 Å². The zero-order chi connectivity index (χ0) is 15.0. The summed E-state index contributed by atoms with van der Waals surface area (Å²) < 4.78 is 29.5. The highest BCUT2D eigenvalue weighted by atomic mass is 32.2. The van der Waals surface area contributed by atoms with Crippen LogP contribution in [0.4, 0.5) is 4.79 Å². The summed E-state index contributed by atoms with van der Waals surface area (Å²) in [5.41, 5.74) is -0.0393. The number of ether oxygens (including phenoxy) is 1. The van der Waals surface area contributed by atoms with Gasteiger partial charge in [0.05, 0.1) is 5.56 Å². The predicted molar refractivity (Wildman–Crippen MR) is 72.3 cm³/mol. The number of benzene rings is 2. The Morgan fingerprint density at radius 2 is 1.57 bits per heavy atom. The van der Waals surface area contributed by atoms with Crippen LogP contribution in [0.2, 0.25) is 0 Å². The van der Waals surface area contributed by atoms with Gasteiger partial charge in [0.25, 0.3) is 15.9 Å². The first-order chi connectivity index (χ1) is 10.0. The Hall–Kier alpha value is -2.67. The SMILES string of the molecule is O=C(Oc1ccccc1)N1C(=O)c2ccccc2S1(=O)=O. The molecular weight excluding hydrogens is 294 g/mol. The molecule has 21 heavy (non-hydrogen) atoms. The number of rotatable bonds is 1. The molecule has 0 aliphatic carbocycles. The molecule has 0 unspecified atom stereocenters. The zero-order valence-electron chi connectivity index (χ0n) is 10.6. The van der Waals surface area contributed by atoms with Crippen molar-refractivity contribution in [2.24, 2.45) is 0 Å². The molecule has 1 heterocycles. The lowest BCUT2D eigenvalue weighted by Crippen LogP contribution is -2.38. The van der Waals surface area contributed by atoms with Gasteiger partial charge in [0, 0.05) is 0 Å². The average Bonchev–Trinajstić information content (AvgIpc) is 2.68. The molecule has 3 rings (SSSR count). The molecule has 0 saturated carbocycles. The Balaban J connectivity index is 1.97. The number of amides is 2. The Morgan fingerprint density at radius 1 is 0.952 bits per heavy atom. The predicted octanol–water partition coefficient (Wildman–Crippen LogP) is 2.03. The Morgan fingerprint density at radius 3 is 2.24 bits per heavy atom. The number of fused-ring (bicyclic) bond motifs is 1. The maximum Gasteiger partial charge on any atom is 0.436 e. The molecule has 7 heteroatoms. The van der Waals surface area contributed by atoms with Crippen LogP contribution in [0.3, 0.4) is 0 Å². The second-order valence-electron chi connectivity index (χ2n) is 4.25. The molecule has 0 fully saturated rings. The van der Waals surface area contributed by atoms with E-state index in [4.69, 9.17) is 4.74 Å². The molecule has 2 aromatic carbocycles. The molecule has 1 aliphatic heterocycles. The number of imide groups is 1. The molecule has 0 bridgehead atoms. The van der Waals surface area contributed by atoms with Gasteiger partial charge in [-0.25, -0.2) is 13.2 Å². The van der Waals surface area contributed by atoms with Gasteiger partial charge in [-0.1, -0.05) is 30.3 Å². The van der Waals surface area contributed by atoms with E-state index in [-0.39, 0.29) is 20.5 Å². The van der Waals surface area contributed by atoms with E-state index < -0.39 is 22.0 Å². The van der Waals surface area contributed by atoms with Gasteiger partial charge < -0.3 is 4.74 Å². The van der Waals surface area contributed by atoms with Gasteiger partial charge in [-0.2, -0.15) is 0 Å². The molecule has 0 radical (unpaired) electrons. The van der Waals surface area contributed by atoms with Crippen LogP contribution in [-0.2, 0) is 10.0 Å². The third-order valence-corrected chi connectivity index (χ3v) is 4.64. The first kappa shape index (κ1) is 13.3. The zero-order valence-corrected chi connectivity index (χ0v) is 11.4. The number of carbonyl (C=O) groups is 2.